The van der Waals surface area contributed by atoms with Gasteiger partial charge in [0.2, 0.25) is 0 Å². The number of nitrogens with two attached hydrogens (primary N) is 1. The van der Waals surface area contributed by atoms with Crippen LogP contribution < -0.4 is 16.4 Å². The zero-order valence-corrected chi connectivity index (χ0v) is 8.71. The highest BCUT2D eigenvalue weighted by atomic mass is 16.2. The lowest BCUT2D eigenvalue weighted by Gasteiger charge is -2.31. The van der Waals surface area contributed by atoms with Gasteiger partial charge in [0.1, 0.15) is 5.54 Å². The van der Waals surface area contributed by atoms with Crippen molar-refractivity contribution in [2.75, 3.05) is 0 Å². The van der Waals surface area contributed by atoms with E-state index in [2.05, 4.69) is 10.6 Å². The Labute approximate surface area is 88.8 Å². The van der Waals surface area contributed by atoms with Gasteiger partial charge in [-0.25, -0.2) is 4.79 Å². The van der Waals surface area contributed by atoms with E-state index < -0.39 is 5.54 Å². The van der Waals surface area contributed by atoms with Crippen molar-refractivity contribution >= 4 is 11.9 Å². The molecular formula is C10H17N3O2. The van der Waals surface area contributed by atoms with Gasteiger partial charge in [0.25, 0.3) is 5.91 Å². The molecule has 2 rings (SSSR count). The highest BCUT2D eigenvalue weighted by Crippen LogP contribution is 2.28. The lowest BCUT2D eigenvalue weighted by Crippen LogP contribution is -2.51. The number of carbonyl (C=O) groups is 2. The van der Waals surface area contributed by atoms with Crippen LogP contribution in [0.5, 0.6) is 0 Å². The van der Waals surface area contributed by atoms with Crippen molar-refractivity contribution in [3.63, 3.8) is 0 Å². The lowest BCUT2D eigenvalue weighted by atomic mass is 9.82. The van der Waals surface area contributed by atoms with Crippen molar-refractivity contribution in [1.29, 1.82) is 0 Å². The van der Waals surface area contributed by atoms with E-state index in [9.17, 15) is 9.59 Å². The molecule has 2 fully saturated rings. The van der Waals surface area contributed by atoms with Crippen molar-refractivity contribution in [3.8, 4) is 0 Å². The quantitative estimate of drug-likeness (QED) is 0.502. The number of carbonyl (C=O) groups excluding carboxylic acids is 2. The molecule has 4 N–H and O–H groups in total. The fourth-order valence-corrected chi connectivity index (χ4v) is 2.51. The molecule has 2 unspecified atom stereocenters. The maximum absolute atomic E-state index is 11.7. The smallest absolute Gasteiger partial charge is 0.322 e. The average Bonchev–Trinajstić information content (AvgIpc) is 2.38. The van der Waals surface area contributed by atoms with Crippen LogP contribution in [0.2, 0.25) is 0 Å². The number of urea groups is 1. The third-order valence-electron chi connectivity index (χ3n) is 3.30. The molecule has 84 valence electrons. The van der Waals surface area contributed by atoms with E-state index in [4.69, 9.17) is 5.73 Å². The Morgan fingerprint density at radius 1 is 1.27 bits per heavy atom. The summed E-state index contributed by atoms with van der Waals surface area (Å²) in [6, 6.07) is -0.373. The van der Waals surface area contributed by atoms with E-state index >= 15 is 0 Å². The molecule has 1 aliphatic heterocycles. The molecule has 2 aliphatic rings. The van der Waals surface area contributed by atoms with Gasteiger partial charge in [0.15, 0.2) is 0 Å². The normalized spacial score (nSPS) is 37.0. The Bertz CT molecular complexity index is 292. The first-order valence-corrected chi connectivity index (χ1v) is 5.52. The summed E-state index contributed by atoms with van der Waals surface area (Å²) in [7, 11) is 0. The maximum atomic E-state index is 11.7. The van der Waals surface area contributed by atoms with Crippen molar-refractivity contribution in [2.45, 2.75) is 50.1 Å². The summed E-state index contributed by atoms with van der Waals surface area (Å²) in [6.07, 6.45) is 5.37. The maximum Gasteiger partial charge on any atom is 0.322 e. The molecule has 2 atom stereocenters. The van der Waals surface area contributed by atoms with E-state index in [0.717, 1.165) is 25.7 Å². The largest absolute Gasteiger partial charge is 0.328 e. The van der Waals surface area contributed by atoms with Gasteiger partial charge < -0.3 is 11.1 Å². The average molecular weight is 211 g/mol. The number of imide groups is 1. The lowest BCUT2D eigenvalue weighted by molar-refractivity contribution is -0.124. The van der Waals surface area contributed by atoms with Crippen LogP contribution in [-0.4, -0.2) is 23.5 Å². The number of nitrogens with one attached hydrogen (secondary N) is 2. The van der Waals surface area contributed by atoms with Crippen LogP contribution in [0, 0.1) is 0 Å². The second-order valence-corrected chi connectivity index (χ2v) is 4.55. The summed E-state index contributed by atoms with van der Waals surface area (Å²) in [6.45, 7) is 0. The summed E-state index contributed by atoms with van der Waals surface area (Å²) in [4.78, 5) is 22.9. The van der Waals surface area contributed by atoms with Crippen molar-refractivity contribution in [3.05, 3.63) is 0 Å². The number of rotatable bonds is 0. The second-order valence-electron chi connectivity index (χ2n) is 4.55. The molecule has 0 aromatic heterocycles. The van der Waals surface area contributed by atoms with Crippen molar-refractivity contribution in [2.24, 2.45) is 5.73 Å². The Kier molecular flexibility index (Phi) is 2.65. The van der Waals surface area contributed by atoms with Gasteiger partial charge in [0.05, 0.1) is 0 Å². The van der Waals surface area contributed by atoms with Crippen LogP contribution in [0.15, 0.2) is 0 Å². The molecule has 5 nitrogen and oxygen atoms in total. The SMILES string of the molecule is NC1CCCCCC2(C1)NC(=O)NC2=O. The molecule has 0 aromatic carbocycles. The predicted octanol–water partition coefficient (Wildman–Crippen LogP) is 0.246. The number of hydrogen-bond donors (Lipinski definition) is 3. The molecule has 1 saturated heterocycles. The molecule has 0 radical (unpaired) electrons. The van der Waals surface area contributed by atoms with Crippen LogP contribution in [-0.2, 0) is 4.79 Å². The first kappa shape index (κ1) is 10.4. The van der Waals surface area contributed by atoms with Crippen molar-refractivity contribution in [1.82, 2.24) is 10.6 Å². The minimum absolute atomic E-state index is 0.00875. The summed E-state index contributed by atoms with van der Waals surface area (Å²) >= 11 is 0. The molecule has 1 saturated carbocycles. The summed E-state index contributed by atoms with van der Waals surface area (Å²) in [5, 5.41) is 5.04. The number of hydrogen-bond acceptors (Lipinski definition) is 3. The van der Waals surface area contributed by atoms with E-state index in [1.54, 1.807) is 0 Å². The monoisotopic (exact) mass is 211 g/mol. The molecule has 0 bridgehead atoms. The minimum atomic E-state index is -0.725. The van der Waals surface area contributed by atoms with Gasteiger partial charge in [0, 0.05) is 6.04 Å². The number of amides is 3. The molecule has 1 heterocycles. The topological polar surface area (TPSA) is 84.2 Å². The predicted molar refractivity (Wildman–Crippen MR) is 55.1 cm³/mol. The fraction of sp³-hybridized carbons (Fsp3) is 0.800. The third kappa shape index (κ3) is 1.97. The van der Waals surface area contributed by atoms with Crippen LogP contribution >= 0.6 is 0 Å². The van der Waals surface area contributed by atoms with Crippen molar-refractivity contribution < 1.29 is 9.59 Å². The highest BCUT2D eigenvalue weighted by Gasteiger charge is 2.46. The minimum Gasteiger partial charge on any atom is -0.328 e. The Hall–Kier alpha value is -1.10. The first-order chi connectivity index (χ1) is 7.12. The molecule has 5 heteroatoms. The summed E-state index contributed by atoms with van der Waals surface area (Å²) in [5.74, 6) is -0.204. The Balaban J connectivity index is 2.16. The van der Waals surface area contributed by atoms with Gasteiger partial charge in [-0.3, -0.25) is 10.1 Å². The van der Waals surface area contributed by atoms with Crippen LogP contribution in [0.3, 0.4) is 0 Å². The van der Waals surface area contributed by atoms with E-state index in [1.807, 2.05) is 0 Å². The standard InChI is InChI=1S/C10H17N3O2/c11-7-4-2-1-3-5-10(6-7)8(14)12-9(15)13-10/h7H,1-6,11H2,(H2,12,13,14,15). The molecular weight excluding hydrogens is 194 g/mol. The third-order valence-corrected chi connectivity index (χ3v) is 3.30. The van der Waals surface area contributed by atoms with Crippen LogP contribution in [0.4, 0.5) is 4.79 Å². The highest BCUT2D eigenvalue weighted by molar-refractivity contribution is 6.07. The molecule has 1 aliphatic carbocycles. The van der Waals surface area contributed by atoms with Crippen LogP contribution in [0.1, 0.15) is 38.5 Å². The zero-order chi connectivity index (χ0) is 10.9. The van der Waals surface area contributed by atoms with Gasteiger partial charge in [-0.05, 0) is 19.3 Å². The first-order valence-electron chi connectivity index (χ1n) is 5.52. The zero-order valence-electron chi connectivity index (χ0n) is 8.71. The molecule has 1 spiro atoms. The molecule has 15 heavy (non-hydrogen) atoms. The van der Waals surface area contributed by atoms with Gasteiger partial charge in [-0.2, -0.15) is 0 Å². The summed E-state index contributed by atoms with van der Waals surface area (Å²) in [5.41, 5.74) is 5.21. The van der Waals surface area contributed by atoms with Gasteiger partial charge in [-0.1, -0.05) is 19.3 Å². The Morgan fingerprint density at radius 3 is 2.73 bits per heavy atom. The molecule has 3 amide bonds. The summed E-state index contributed by atoms with van der Waals surface area (Å²) < 4.78 is 0. The van der Waals surface area contributed by atoms with Gasteiger partial charge >= 0.3 is 6.03 Å². The van der Waals surface area contributed by atoms with Gasteiger partial charge in [-0.15, -0.1) is 0 Å². The fourth-order valence-electron chi connectivity index (χ4n) is 2.51. The van der Waals surface area contributed by atoms with Crippen LogP contribution in [0.25, 0.3) is 0 Å². The molecule has 0 aromatic rings. The Morgan fingerprint density at radius 2 is 2.07 bits per heavy atom. The van der Waals surface area contributed by atoms with E-state index in [1.165, 1.54) is 0 Å². The second kappa shape index (κ2) is 3.81. The van der Waals surface area contributed by atoms with E-state index in [0.29, 0.717) is 12.8 Å². The van der Waals surface area contributed by atoms with E-state index in [-0.39, 0.29) is 18.0 Å².